The minimum absolute atomic E-state index is 0.0623. The van der Waals surface area contributed by atoms with Gasteiger partial charge in [-0.15, -0.1) is 11.6 Å². The second-order valence-electron chi connectivity index (χ2n) is 5.07. The van der Waals surface area contributed by atoms with Crippen LogP contribution in [0.2, 0.25) is 0 Å². The van der Waals surface area contributed by atoms with E-state index in [0.717, 1.165) is 0 Å². The van der Waals surface area contributed by atoms with Crippen LogP contribution in [-0.4, -0.2) is 3.78 Å². The summed E-state index contributed by atoms with van der Waals surface area (Å²) in [6, 6.07) is 0. The zero-order chi connectivity index (χ0) is 9.50. The molecule has 0 aromatic rings. The molecule has 0 saturated heterocycles. The number of alkyl halides is 2. The smallest absolute Gasteiger partial charge is 0.106 e. The SMILES string of the molecule is CC(C)(C)C(Cl)(Br)C(C)(C)C. The van der Waals surface area contributed by atoms with Gasteiger partial charge in [-0.2, -0.15) is 0 Å². The molecule has 0 aromatic heterocycles. The minimum Gasteiger partial charge on any atom is -0.106 e. The predicted molar refractivity (Wildman–Crippen MR) is 56.4 cm³/mol. The number of hydrogen-bond donors (Lipinski definition) is 0. The van der Waals surface area contributed by atoms with Crippen LogP contribution in [0.4, 0.5) is 0 Å². The summed E-state index contributed by atoms with van der Waals surface area (Å²) in [4.78, 5) is 0. The Morgan fingerprint density at radius 1 is 0.818 bits per heavy atom. The molecule has 0 saturated carbocycles. The van der Waals surface area contributed by atoms with Gasteiger partial charge >= 0.3 is 0 Å². The van der Waals surface area contributed by atoms with E-state index in [1.807, 2.05) is 0 Å². The maximum atomic E-state index is 6.41. The van der Waals surface area contributed by atoms with Gasteiger partial charge in [0.1, 0.15) is 3.78 Å². The summed E-state index contributed by atoms with van der Waals surface area (Å²) in [5, 5.41) is 0. The molecule has 0 atom stereocenters. The van der Waals surface area contributed by atoms with Crippen LogP contribution in [0.3, 0.4) is 0 Å². The molecule has 0 spiro atoms. The molecule has 0 radical (unpaired) electrons. The van der Waals surface area contributed by atoms with Crippen molar-refractivity contribution in [2.45, 2.75) is 45.3 Å². The predicted octanol–water partition coefficient (Wildman–Crippen LogP) is 4.41. The van der Waals surface area contributed by atoms with Crippen LogP contribution in [0.5, 0.6) is 0 Å². The van der Waals surface area contributed by atoms with Crippen LogP contribution >= 0.6 is 27.5 Å². The van der Waals surface area contributed by atoms with Gasteiger partial charge in [-0.25, -0.2) is 0 Å². The highest BCUT2D eigenvalue weighted by atomic mass is 79.9. The Morgan fingerprint density at radius 2 is 1.00 bits per heavy atom. The van der Waals surface area contributed by atoms with E-state index in [-0.39, 0.29) is 14.6 Å². The Balaban J connectivity index is 4.75. The molecular formula is C9H18BrCl. The quantitative estimate of drug-likeness (QED) is 0.551. The van der Waals surface area contributed by atoms with Crippen molar-refractivity contribution >= 4 is 27.5 Å². The van der Waals surface area contributed by atoms with E-state index < -0.39 is 0 Å². The highest BCUT2D eigenvalue weighted by Gasteiger charge is 2.47. The topological polar surface area (TPSA) is 0 Å². The molecule has 0 aliphatic rings. The average Bonchev–Trinajstić information content (AvgIpc) is 1.58. The third-order valence-electron chi connectivity index (χ3n) is 1.88. The molecule has 0 N–H and O–H groups in total. The molecular weight excluding hydrogens is 223 g/mol. The maximum Gasteiger partial charge on any atom is 0.109 e. The Labute approximate surface area is 83.8 Å². The summed E-state index contributed by atoms with van der Waals surface area (Å²) < 4.78 is -0.340. The second kappa shape index (κ2) is 2.92. The molecule has 0 nitrogen and oxygen atoms in total. The lowest BCUT2D eigenvalue weighted by molar-refractivity contribution is 0.220. The van der Waals surface area contributed by atoms with Crippen molar-refractivity contribution in [1.29, 1.82) is 0 Å². The van der Waals surface area contributed by atoms with Crippen molar-refractivity contribution in [3.8, 4) is 0 Å². The molecule has 0 bridgehead atoms. The van der Waals surface area contributed by atoms with E-state index in [2.05, 4.69) is 57.5 Å². The van der Waals surface area contributed by atoms with E-state index in [4.69, 9.17) is 11.6 Å². The summed E-state index contributed by atoms with van der Waals surface area (Å²) in [6.07, 6.45) is 0. The van der Waals surface area contributed by atoms with Gasteiger partial charge in [-0.05, 0) is 10.8 Å². The van der Waals surface area contributed by atoms with Crippen LogP contribution in [-0.2, 0) is 0 Å². The first-order chi connectivity index (χ1) is 4.50. The summed E-state index contributed by atoms with van der Waals surface area (Å²) >= 11 is 9.99. The average molecular weight is 242 g/mol. The first-order valence-electron chi connectivity index (χ1n) is 3.88. The Morgan fingerprint density at radius 3 is 1.00 bits per heavy atom. The van der Waals surface area contributed by atoms with E-state index in [0.29, 0.717) is 0 Å². The molecule has 68 valence electrons. The molecule has 0 rings (SSSR count). The van der Waals surface area contributed by atoms with Crippen molar-refractivity contribution in [1.82, 2.24) is 0 Å². The highest BCUT2D eigenvalue weighted by Crippen LogP contribution is 2.53. The van der Waals surface area contributed by atoms with Crippen LogP contribution < -0.4 is 0 Å². The fourth-order valence-corrected chi connectivity index (χ4v) is 1.12. The van der Waals surface area contributed by atoms with Crippen LogP contribution in [0.25, 0.3) is 0 Å². The standard InChI is InChI=1S/C9H18BrCl/c1-7(2,3)9(10,11)8(4,5)6/h1-6H3. The molecule has 0 unspecified atom stereocenters. The highest BCUT2D eigenvalue weighted by molar-refractivity contribution is 9.10. The summed E-state index contributed by atoms with van der Waals surface area (Å²) in [6.45, 7) is 12.8. The largest absolute Gasteiger partial charge is 0.109 e. The van der Waals surface area contributed by atoms with Crippen molar-refractivity contribution in [3.05, 3.63) is 0 Å². The van der Waals surface area contributed by atoms with Crippen LogP contribution in [0.15, 0.2) is 0 Å². The number of halogens is 2. The van der Waals surface area contributed by atoms with Crippen molar-refractivity contribution < 1.29 is 0 Å². The van der Waals surface area contributed by atoms with Gasteiger partial charge in [0, 0.05) is 0 Å². The van der Waals surface area contributed by atoms with Gasteiger partial charge in [-0.3, -0.25) is 0 Å². The third kappa shape index (κ3) is 2.35. The maximum absolute atomic E-state index is 6.41. The fourth-order valence-electron chi connectivity index (χ4n) is 1.12. The van der Waals surface area contributed by atoms with E-state index in [9.17, 15) is 0 Å². The molecule has 0 fully saturated rings. The molecule has 11 heavy (non-hydrogen) atoms. The Bertz CT molecular complexity index is 121. The van der Waals surface area contributed by atoms with E-state index >= 15 is 0 Å². The van der Waals surface area contributed by atoms with Gasteiger partial charge in [0.05, 0.1) is 0 Å². The Hall–Kier alpha value is 0.770. The lowest BCUT2D eigenvalue weighted by Crippen LogP contribution is -2.42. The fraction of sp³-hybridized carbons (Fsp3) is 1.00. The monoisotopic (exact) mass is 240 g/mol. The third-order valence-corrected chi connectivity index (χ3v) is 5.40. The molecule has 0 heterocycles. The molecule has 0 aromatic carbocycles. The van der Waals surface area contributed by atoms with Crippen LogP contribution in [0.1, 0.15) is 41.5 Å². The number of rotatable bonds is 0. The van der Waals surface area contributed by atoms with E-state index in [1.165, 1.54) is 0 Å². The Kier molecular flexibility index (Phi) is 3.12. The molecule has 0 aliphatic heterocycles. The van der Waals surface area contributed by atoms with Crippen molar-refractivity contribution in [3.63, 3.8) is 0 Å². The van der Waals surface area contributed by atoms with E-state index in [1.54, 1.807) is 0 Å². The zero-order valence-electron chi connectivity index (χ0n) is 8.26. The summed E-state index contributed by atoms with van der Waals surface area (Å²) in [5.41, 5.74) is 0.125. The summed E-state index contributed by atoms with van der Waals surface area (Å²) in [7, 11) is 0. The first-order valence-corrected chi connectivity index (χ1v) is 5.05. The van der Waals surface area contributed by atoms with Gasteiger partial charge in [0.2, 0.25) is 0 Å². The van der Waals surface area contributed by atoms with Crippen LogP contribution in [0, 0.1) is 10.8 Å². The van der Waals surface area contributed by atoms with Gasteiger partial charge in [0.25, 0.3) is 0 Å². The minimum atomic E-state index is -0.340. The van der Waals surface area contributed by atoms with Gasteiger partial charge < -0.3 is 0 Å². The summed E-state index contributed by atoms with van der Waals surface area (Å²) in [5.74, 6) is 0. The lowest BCUT2D eigenvalue weighted by atomic mass is 9.77. The molecule has 0 amide bonds. The van der Waals surface area contributed by atoms with Gasteiger partial charge in [-0.1, -0.05) is 57.5 Å². The zero-order valence-corrected chi connectivity index (χ0v) is 10.6. The van der Waals surface area contributed by atoms with Crippen molar-refractivity contribution in [2.75, 3.05) is 0 Å². The number of hydrogen-bond acceptors (Lipinski definition) is 0. The molecule has 2 heteroatoms. The molecule has 0 aliphatic carbocycles. The second-order valence-corrected chi connectivity index (χ2v) is 7.29. The van der Waals surface area contributed by atoms with Crippen molar-refractivity contribution in [2.24, 2.45) is 10.8 Å². The van der Waals surface area contributed by atoms with Gasteiger partial charge in [0.15, 0.2) is 0 Å². The normalized spacial score (nSPS) is 15.3. The lowest BCUT2D eigenvalue weighted by Gasteiger charge is -2.44. The first kappa shape index (κ1) is 11.8.